The van der Waals surface area contributed by atoms with Crippen LogP contribution in [0, 0.1) is 11.8 Å². The molecule has 4 amide bonds. The van der Waals surface area contributed by atoms with E-state index in [0.717, 1.165) is 12.8 Å². The molecule has 2 aliphatic rings. The van der Waals surface area contributed by atoms with Gasteiger partial charge in [0.1, 0.15) is 5.54 Å². The van der Waals surface area contributed by atoms with Crippen molar-refractivity contribution in [3.05, 3.63) is 0 Å². The van der Waals surface area contributed by atoms with Crippen LogP contribution in [0.2, 0.25) is 0 Å². The van der Waals surface area contributed by atoms with E-state index in [-0.39, 0.29) is 12.5 Å². The number of rotatable bonds is 3. The minimum Gasteiger partial charge on any atom is -0.465 e. The molecule has 1 saturated carbocycles. The van der Waals surface area contributed by atoms with E-state index in [1.165, 1.54) is 0 Å². The van der Waals surface area contributed by atoms with Gasteiger partial charge in [0.15, 0.2) is 0 Å². The van der Waals surface area contributed by atoms with Gasteiger partial charge < -0.3 is 15.7 Å². The minimum absolute atomic E-state index is 0.0131. The molecule has 0 aromatic rings. The van der Waals surface area contributed by atoms with Gasteiger partial charge in [-0.2, -0.15) is 0 Å². The maximum atomic E-state index is 11.9. The first-order valence-corrected chi connectivity index (χ1v) is 5.56. The van der Waals surface area contributed by atoms with Crippen LogP contribution in [0.4, 0.5) is 9.59 Å². The Morgan fingerprint density at radius 3 is 2.59 bits per heavy atom. The van der Waals surface area contributed by atoms with Crippen LogP contribution in [0.1, 0.15) is 19.8 Å². The number of amides is 4. The molecule has 1 heterocycles. The third-order valence-corrected chi connectivity index (χ3v) is 3.74. The lowest BCUT2D eigenvalue weighted by Crippen LogP contribution is -2.63. The van der Waals surface area contributed by atoms with Gasteiger partial charge in [-0.15, -0.1) is 0 Å². The molecule has 1 aliphatic carbocycles. The van der Waals surface area contributed by atoms with Crippen molar-refractivity contribution in [3.8, 4) is 0 Å². The van der Waals surface area contributed by atoms with Crippen LogP contribution in [-0.2, 0) is 4.79 Å². The molecule has 0 aromatic carbocycles. The number of hydrogen-bond donors (Lipinski definition) is 4. The summed E-state index contributed by atoms with van der Waals surface area (Å²) >= 11 is 0. The van der Waals surface area contributed by atoms with Gasteiger partial charge in [0.25, 0.3) is 5.91 Å². The van der Waals surface area contributed by atoms with Crippen LogP contribution in [0.15, 0.2) is 0 Å². The summed E-state index contributed by atoms with van der Waals surface area (Å²) in [7, 11) is 0. The number of urea groups is 1. The molecule has 2 fully saturated rings. The van der Waals surface area contributed by atoms with Crippen LogP contribution in [-0.4, -0.2) is 35.2 Å². The summed E-state index contributed by atoms with van der Waals surface area (Å²) in [6.07, 6.45) is 0.601. The van der Waals surface area contributed by atoms with Crippen molar-refractivity contribution in [2.75, 3.05) is 6.54 Å². The second kappa shape index (κ2) is 3.90. The molecule has 17 heavy (non-hydrogen) atoms. The Labute approximate surface area is 97.9 Å². The lowest BCUT2D eigenvalue weighted by Gasteiger charge is -2.44. The van der Waals surface area contributed by atoms with E-state index in [1.54, 1.807) is 0 Å². The van der Waals surface area contributed by atoms with Crippen LogP contribution >= 0.6 is 0 Å². The number of carbonyl (C=O) groups is 3. The molecular weight excluding hydrogens is 226 g/mol. The maximum absolute atomic E-state index is 11.9. The fourth-order valence-corrected chi connectivity index (χ4v) is 2.64. The Bertz CT molecular complexity index is 384. The lowest BCUT2D eigenvalue weighted by atomic mass is 9.64. The van der Waals surface area contributed by atoms with E-state index in [1.807, 2.05) is 6.92 Å². The highest BCUT2D eigenvalue weighted by Gasteiger charge is 2.55. The average molecular weight is 241 g/mol. The van der Waals surface area contributed by atoms with E-state index in [2.05, 4.69) is 16.0 Å². The lowest BCUT2D eigenvalue weighted by molar-refractivity contribution is -0.128. The largest absolute Gasteiger partial charge is 0.465 e. The van der Waals surface area contributed by atoms with E-state index < -0.39 is 23.6 Å². The topological polar surface area (TPSA) is 108 Å². The molecule has 94 valence electrons. The fraction of sp³-hybridized carbons (Fsp3) is 0.700. The molecule has 1 aliphatic heterocycles. The maximum Gasteiger partial charge on any atom is 0.404 e. The fourth-order valence-electron chi connectivity index (χ4n) is 2.64. The smallest absolute Gasteiger partial charge is 0.404 e. The second-order valence-electron chi connectivity index (χ2n) is 4.70. The van der Waals surface area contributed by atoms with Crippen molar-refractivity contribution in [1.29, 1.82) is 0 Å². The molecule has 0 radical (unpaired) electrons. The molecular formula is C10H15N3O4. The molecule has 3 atom stereocenters. The molecule has 0 aromatic heterocycles. The zero-order chi connectivity index (χ0) is 12.6. The van der Waals surface area contributed by atoms with Gasteiger partial charge >= 0.3 is 12.1 Å². The minimum atomic E-state index is -1.20. The Morgan fingerprint density at radius 2 is 2.24 bits per heavy atom. The van der Waals surface area contributed by atoms with Crippen LogP contribution < -0.4 is 16.0 Å². The molecule has 1 saturated heterocycles. The van der Waals surface area contributed by atoms with Crippen LogP contribution in [0.5, 0.6) is 0 Å². The van der Waals surface area contributed by atoms with Gasteiger partial charge in [0.2, 0.25) is 0 Å². The average Bonchev–Trinajstić information content (AvgIpc) is 2.49. The third kappa shape index (κ3) is 1.81. The first kappa shape index (κ1) is 11.7. The SMILES string of the molecule is CC1CCC1C1(CNC(=O)O)NC(=O)NC1=O. The summed E-state index contributed by atoms with van der Waals surface area (Å²) in [4.78, 5) is 33.7. The molecule has 7 nitrogen and oxygen atoms in total. The Kier molecular flexibility index (Phi) is 2.68. The molecule has 4 N–H and O–H groups in total. The van der Waals surface area contributed by atoms with Crippen molar-refractivity contribution in [2.45, 2.75) is 25.3 Å². The van der Waals surface area contributed by atoms with Gasteiger partial charge in [-0.05, 0) is 24.7 Å². The zero-order valence-electron chi connectivity index (χ0n) is 9.45. The highest BCUT2D eigenvalue weighted by molar-refractivity contribution is 6.07. The first-order valence-electron chi connectivity index (χ1n) is 5.56. The number of hydrogen-bond acceptors (Lipinski definition) is 3. The molecule has 0 bridgehead atoms. The number of imide groups is 1. The van der Waals surface area contributed by atoms with Gasteiger partial charge in [-0.1, -0.05) is 6.92 Å². The van der Waals surface area contributed by atoms with E-state index in [0.29, 0.717) is 5.92 Å². The Morgan fingerprint density at radius 1 is 1.53 bits per heavy atom. The van der Waals surface area contributed by atoms with Crippen LogP contribution in [0.25, 0.3) is 0 Å². The highest BCUT2D eigenvalue weighted by atomic mass is 16.4. The Hall–Kier alpha value is -1.79. The third-order valence-electron chi connectivity index (χ3n) is 3.74. The quantitative estimate of drug-likeness (QED) is 0.516. The summed E-state index contributed by atoms with van der Waals surface area (Å²) in [5, 5.41) is 15.6. The van der Waals surface area contributed by atoms with E-state index in [4.69, 9.17) is 5.11 Å². The van der Waals surface area contributed by atoms with Gasteiger partial charge in [0.05, 0.1) is 6.54 Å². The zero-order valence-corrected chi connectivity index (χ0v) is 9.45. The summed E-state index contributed by atoms with van der Waals surface area (Å²) < 4.78 is 0. The van der Waals surface area contributed by atoms with Crippen molar-refractivity contribution in [1.82, 2.24) is 16.0 Å². The summed E-state index contributed by atoms with van der Waals surface area (Å²) in [6, 6.07) is -0.554. The standard InChI is InChI=1S/C10H15N3O4/c1-5-2-3-6(5)10(4-11-9(16)17)7(14)12-8(15)13-10/h5-6,11H,2-4H2,1H3,(H,16,17)(H2,12,13,14,15). The number of carbonyl (C=O) groups excluding carboxylic acids is 2. The number of nitrogens with one attached hydrogen (secondary N) is 3. The molecule has 0 spiro atoms. The first-order chi connectivity index (χ1) is 7.95. The summed E-state index contributed by atoms with van der Waals surface area (Å²) in [5.74, 6) is -0.150. The molecule has 7 heteroatoms. The van der Waals surface area contributed by atoms with Gasteiger partial charge in [-0.3, -0.25) is 10.1 Å². The van der Waals surface area contributed by atoms with E-state index >= 15 is 0 Å². The van der Waals surface area contributed by atoms with Crippen molar-refractivity contribution in [2.24, 2.45) is 11.8 Å². The summed E-state index contributed by atoms with van der Waals surface area (Å²) in [6.45, 7) is 1.91. The van der Waals surface area contributed by atoms with E-state index in [9.17, 15) is 14.4 Å². The Balaban J connectivity index is 2.19. The number of carboxylic acid groups (broad SMARTS) is 1. The summed E-state index contributed by atoms with van der Waals surface area (Å²) in [5.41, 5.74) is -1.12. The molecule has 2 rings (SSSR count). The van der Waals surface area contributed by atoms with Crippen molar-refractivity contribution < 1.29 is 19.5 Å². The predicted octanol–water partition coefficient (Wildman–Crippen LogP) is -0.122. The predicted molar refractivity (Wildman–Crippen MR) is 57.3 cm³/mol. The normalized spacial score (nSPS) is 35.8. The van der Waals surface area contributed by atoms with Gasteiger partial charge in [0, 0.05) is 0 Å². The highest BCUT2D eigenvalue weighted by Crippen LogP contribution is 2.42. The van der Waals surface area contributed by atoms with Crippen molar-refractivity contribution >= 4 is 18.0 Å². The molecule has 3 unspecified atom stereocenters. The monoisotopic (exact) mass is 241 g/mol. The second-order valence-corrected chi connectivity index (χ2v) is 4.70. The van der Waals surface area contributed by atoms with Crippen LogP contribution in [0.3, 0.4) is 0 Å². The van der Waals surface area contributed by atoms with Gasteiger partial charge in [-0.25, -0.2) is 9.59 Å². The van der Waals surface area contributed by atoms with Crippen molar-refractivity contribution in [3.63, 3.8) is 0 Å².